The molecule has 1 fully saturated rings. The van der Waals surface area contributed by atoms with Crippen LogP contribution in [0.4, 0.5) is 0 Å². The first-order valence-electron chi connectivity index (χ1n) is 8.81. The summed E-state index contributed by atoms with van der Waals surface area (Å²) in [6.07, 6.45) is 6.80. The summed E-state index contributed by atoms with van der Waals surface area (Å²) in [5, 5.41) is 7.89. The van der Waals surface area contributed by atoms with Gasteiger partial charge in [-0.05, 0) is 44.0 Å². The molecular formula is C18H24ClN5O. The minimum Gasteiger partial charge on any atom is -0.354 e. The second kappa shape index (κ2) is 8.97. The highest BCUT2D eigenvalue weighted by Gasteiger charge is 2.25. The molecule has 134 valence electrons. The first-order valence-corrected chi connectivity index (χ1v) is 9.19. The summed E-state index contributed by atoms with van der Waals surface area (Å²) in [6, 6.07) is 8.05. The Kier molecular flexibility index (Phi) is 6.42. The summed E-state index contributed by atoms with van der Waals surface area (Å²) in [7, 11) is 0. The van der Waals surface area contributed by atoms with Crippen molar-refractivity contribution in [3.05, 3.63) is 47.5 Å². The number of carbonyl (C=O) groups is 1. The molecule has 3 rings (SSSR count). The van der Waals surface area contributed by atoms with E-state index in [0.29, 0.717) is 19.5 Å². The molecule has 1 aliphatic heterocycles. The lowest BCUT2D eigenvalue weighted by molar-refractivity contribution is -0.121. The van der Waals surface area contributed by atoms with E-state index in [1.54, 1.807) is 11.0 Å². The average Bonchev–Trinajstić information content (AvgIpc) is 3.30. The number of benzene rings is 1. The van der Waals surface area contributed by atoms with Crippen LogP contribution in [-0.4, -0.2) is 45.2 Å². The topological polar surface area (TPSA) is 63.1 Å². The molecular weight excluding hydrogens is 338 g/mol. The quantitative estimate of drug-likeness (QED) is 0.785. The molecule has 1 saturated heterocycles. The number of halogens is 1. The lowest BCUT2D eigenvalue weighted by Gasteiger charge is -2.29. The monoisotopic (exact) mass is 361 g/mol. The number of aryl methyl sites for hydroxylation is 1. The number of nitrogens with one attached hydrogen (secondary N) is 1. The molecule has 0 aliphatic carbocycles. The van der Waals surface area contributed by atoms with Crippen LogP contribution in [0.2, 0.25) is 5.02 Å². The Labute approximate surface area is 153 Å². The predicted molar refractivity (Wildman–Crippen MR) is 97.3 cm³/mol. The van der Waals surface area contributed by atoms with Crippen molar-refractivity contribution in [2.45, 2.75) is 38.3 Å². The normalized spacial score (nSPS) is 16.0. The smallest absolute Gasteiger partial charge is 0.220 e. The summed E-state index contributed by atoms with van der Waals surface area (Å²) < 4.78 is 1.74. The molecule has 2 heterocycles. The van der Waals surface area contributed by atoms with E-state index in [-0.39, 0.29) is 11.9 Å². The zero-order valence-corrected chi connectivity index (χ0v) is 15.0. The van der Waals surface area contributed by atoms with Gasteiger partial charge in [-0.25, -0.2) is 4.98 Å². The highest BCUT2D eigenvalue weighted by atomic mass is 35.5. The maximum atomic E-state index is 12.2. The van der Waals surface area contributed by atoms with Crippen LogP contribution in [0.5, 0.6) is 0 Å². The van der Waals surface area contributed by atoms with Crippen LogP contribution in [0, 0.1) is 0 Å². The van der Waals surface area contributed by atoms with Gasteiger partial charge in [0.25, 0.3) is 0 Å². The Hall–Kier alpha value is -1.92. The number of likely N-dealkylation sites (tertiary alicyclic amines) is 1. The van der Waals surface area contributed by atoms with Gasteiger partial charge in [0.15, 0.2) is 0 Å². The maximum Gasteiger partial charge on any atom is 0.220 e. The lowest BCUT2D eigenvalue weighted by Crippen LogP contribution is -2.37. The molecule has 1 amide bonds. The van der Waals surface area contributed by atoms with Crippen LogP contribution in [0.3, 0.4) is 0 Å². The highest BCUT2D eigenvalue weighted by molar-refractivity contribution is 6.31. The van der Waals surface area contributed by atoms with Gasteiger partial charge in [0.05, 0.1) is 6.04 Å². The van der Waals surface area contributed by atoms with E-state index in [1.165, 1.54) is 19.2 Å². The van der Waals surface area contributed by atoms with Crippen LogP contribution in [-0.2, 0) is 11.3 Å². The Morgan fingerprint density at radius 3 is 2.80 bits per heavy atom. The Balaban J connectivity index is 1.53. The van der Waals surface area contributed by atoms with Gasteiger partial charge in [-0.15, -0.1) is 0 Å². The molecule has 6 nitrogen and oxygen atoms in total. The van der Waals surface area contributed by atoms with Gasteiger partial charge in [0, 0.05) is 24.5 Å². The van der Waals surface area contributed by atoms with Crippen molar-refractivity contribution in [3.63, 3.8) is 0 Å². The molecule has 1 N–H and O–H groups in total. The Morgan fingerprint density at radius 1 is 1.28 bits per heavy atom. The molecule has 2 aromatic rings. The number of aromatic nitrogens is 3. The second-order valence-electron chi connectivity index (χ2n) is 6.35. The van der Waals surface area contributed by atoms with Crippen molar-refractivity contribution in [2.24, 2.45) is 0 Å². The number of hydrogen-bond donors (Lipinski definition) is 1. The van der Waals surface area contributed by atoms with Crippen molar-refractivity contribution in [1.82, 2.24) is 25.0 Å². The molecule has 1 aliphatic rings. The number of hydrogen-bond acceptors (Lipinski definition) is 4. The van der Waals surface area contributed by atoms with E-state index in [9.17, 15) is 4.79 Å². The summed E-state index contributed by atoms with van der Waals surface area (Å²) in [5.74, 6) is 0.0661. The predicted octanol–water partition coefficient (Wildman–Crippen LogP) is 2.67. The molecule has 0 bridgehead atoms. The molecule has 0 unspecified atom stereocenters. The standard InChI is InChI=1S/C18H24ClN5O/c19-16-7-2-1-6-15(16)17(23-9-3-4-10-23)12-21-18(25)8-5-11-24-14-20-13-22-24/h1-2,6-7,13-14,17H,3-5,8-12H2,(H,21,25)/t17-/m0/s1. The zero-order chi connectivity index (χ0) is 17.5. The molecule has 0 radical (unpaired) electrons. The number of carbonyl (C=O) groups excluding carboxylic acids is 1. The van der Waals surface area contributed by atoms with Crippen LogP contribution >= 0.6 is 11.6 Å². The maximum absolute atomic E-state index is 12.2. The molecule has 1 aromatic carbocycles. The summed E-state index contributed by atoms with van der Waals surface area (Å²) in [4.78, 5) is 18.5. The molecule has 1 atom stereocenters. The molecule has 7 heteroatoms. The zero-order valence-electron chi connectivity index (χ0n) is 14.3. The summed E-state index contributed by atoms with van der Waals surface area (Å²) >= 11 is 6.40. The SMILES string of the molecule is O=C(CCCn1cncn1)NC[C@@H](c1ccccc1Cl)N1CCCC1. The van der Waals surface area contributed by atoms with Crippen LogP contribution in [0.1, 0.15) is 37.3 Å². The van der Waals surface area contributed by atoms with Gasteiger partial charge in [0.1, 0.15) is 12.7 Å². The number of rotatable bonds is 8. The third kappa shape index (κ3) is 5.03. The largest absolute Gasteiger partial charge is 0.354 e. The van der Waals surface area contributed by atoms with Gasteiger partial charge in [-0.3, -0.25) is 14.4 Å². The molecule has 25 heavy (non-hydrogen) atoms. The second-order valence-corrected chi connectivity index (χ2v) is 6.75. The molecule has 1 aromatic heterocycles. The van der Waals surface area contributed by atoms with Crippen molar-refractivity contribution in [2.75, 3.05) is 19.6 Å². The third-order valence-corrected chi connectivity index (χ3v) is 4.94. The van der Waals surface area contributed by atoms with E-state index < -0.39 is 0 Å². The average molecular weight is 362 g/mol. The Bertz CT molecular complexity index is 670. The van der Waals surface area contributed by atoms with Crippen LogP contribution in [0.25, 0.3) is 0 Å². The fourth-order valence-corrected chi connectivity index (χ4v) is 3.54. The van der Waals surface area contributed by atoms with Gasteiger partial charge >= 0.3 is 0 Å². The molecule has 0 spiro atoms. The van der Waals surface area contributed by atoms with Gasteiger partial charge in [-0.1, -0.05) is 29.8 Å². The van der Waals surface area contributed by atoms with E-state index in [2.05, 4.69) is 26.4 Å². The molecule has 0 saturated carbocycles. The van der Waals surface area contributed by atoms with Crippen LogP contribution in [0.15, 0.2) is 36.9 Å². The minimum absolute atomic E-state index is 0.0661. The van der Waals surface area contributed by atoms with Gasteiger partial charge < -0.3 is 5.32 Å². The summed E-state index contributed by atoms with van der Waals surface area (Å²) in [5.41, 5.74) is 1.09. The van der Waals surface area contributed by atoms with Gasteiger partial charge in [-0.2, -0.15) is 5.10 Å². The first kappa shape index (κ1) is 17.9. The highest BCUT2D eigenvalue weighted by Crippen LogP contribution is 2.29. The fourth-order valence-electron chi connectivity index (χ4n) is 3.28. The van der Waals surface area contributed by atoms with Crippen molar-refractivity contribution < 1.29 is 4.79 Å². The van der Waals surface area contributed by atoms with Crippen LogP contribution < -0.4 is 5.32 Å². The first-order chi connectivity index (χ1) is 12.2. The van der Waals surface area contributed by atoms with Crippen molar-refractivity contribution in [3.8, 4) is 0 Å². The fraction of sp³-hybridized carbons (Fsp3) is 0.500. The van der Waals surface area contributed by atoms with E-state index >= 15 is 0 Å². The number of nitrogens with zero attached hydrogens (tertiary/aromatic N) is 4. The summed E-state index contributed by atoms with van der Waals surface area (Å²) in [6.45, 7) is 3.40. The van der Waals surface area contributed by atoms with E-state index in [4.69, 9.17) is 11.6 Å². The van der Waals surface area contributed by atoms with E-state index in [1.807, 2.05) is 18.2 Å². The third-order valence-electron chi connectivity index (χ3n) is 4.60. The number of amides is 1. The van der Waals surface area contributed by atoms with Crippen molar-refractivity contribution >= 4 is 17.5 Å². The van der Waals surface area contributed by atoms with E-state index in [0.717, 1.165) is 30.1 Å². The lowest BCUT2D eigenvalue weighted by atomic mass is 10.1. The minimum atomic E-state index is 0.0661. The van der Waals surface area contributed by atoms with Gasteiger partial charge in [0.2, 0.25) is 5.91 Å². The van der Waals surface area contributed by atoms with Crippen molar-refractivity contribution in [1.29, 1.82) is 0 Å². The Morgan fingerprint density at radius 2 is 2.08 bits per heavy atom.